The van der Waals surface area contributed by atoms with E-state index in [-0.39, 0.29) is 50.6 Å². The van der Waals surface area contributed by atoms with Gasteiger partial charge in [-0.25, -0.2) is 19.9 Å². The van der Waals surface area contributed by atoms with Crippen molar-refractivity contribution in [2.45, 2.75) is 187 Å². The minimum atomic E-state index is -0.0898. The minimum absolute atomic E-state index is 0.0223. The number of pyridine rings is 2. The third kappa shape index (κ3) is 14.5. The van der Waals surface area contributed by atoms with E-state index in [0.29, 0.717) is 117 Å². The average molecular weight is 1650 g/mol. The van der Waals surface area contributed by atoms with E-state index in [1.165, 1.54) is 51.4 Å². The van der Waals surface area contributed by atoms with E-state index in [9.17, 15) is 19.2 Å². The lowest BCUT2D eigenvalue weighted by atomic mass is 9.73. The number of aliphatic imine (C=N–C) groups is 4. The lowest BCUT2D eigenvalue weighted by Crippen LogP contribution is -2.49. The summed E-state index contributed by atoms with van der Waals surface area (Å²) in [4.78, 5) is 109. The van der Waals surface area contributed by atoms with Crippen LogP contribution in [0.3, 0.4) is 0 Å². The molecule has 14 heterocycles. The predicted molar refractivity (Wildman–Crippen MR) is 471 cm³/mol. The second kappa shape index (κ2) is 33.0. The van der Waals surface area contributed by atoms with E-state index in [4.69, 9.17) is 63.9 Å². The molecule has 4 spiro atoms. The molecule has 8 aliphatic heterocycles. The van der Waals surface area contributed by atoms with Gasteiger partial charge in [0, 0.05) is 151 Å². The van der Waals surface area contributed by atoms with Gasteiger partial charge in [-0.2, -0.15) is 0 Å². The highest BCUT2D eigenvalue weighted by Gasteiger charge is 2.50. The van der Waals surface area contributed by atoms with Gasteiger partial charge in [-0.15, -0.1) is 0 Å². The van der Waals surface area contributed by atoms with Gasteiger partial charge in [0.15, 0.2) is 0 Å². The molecule has 8 fully saturated rings. The third-order valence-corrected chi connectivity index (χ3v) is 30.2. The van der Waals surface area contributed by atoms with Crippen molar-refractivity contribution in [2.75, 3.05) is 86.2 Å². The van der Waals surface area contributed by atoms with Crippen molar-refractivity contribution in [3.63, 3.8) is 0 Å². The zero-order chi connectivity index (χ0) is 83.8. The number of hydrogen-bond donors (Lipinski definition) is 4. The van der Waals surface area contributed by atoms with Crippen LogP contribution < -0.4 is 74.2 Å². The molecule has 4 aliphatic carbocycles. The maximum atomic E-state index is 13.4. The van der Waals surface area contributed by atoms with Crippen molar-refractivity contribution in [2.24, 2.45) is 105 Å². The molecule has 8 aromatic rings. The number of benzene rings is 2. The number of methoxy groups -OCH3 is 2. The molecule has 0 amide bonds. The number of nitrogens with two attached hydrogens (primary N) is 4. The van der Waals surface area contributed by atoms with E-state index < -0.39 is 0 Å². The zero-order valence-corrected chi connectivity index (χ0v) is 71.7. The molecule has 12 aliphatic rings. The van der Waals surface area contributed by atoms with Crippen LogP contribution in [-0.4, -0.2) is 162 Å². The molecule has 28 nitrogen and oxygen atoms in total. The van der Waals surface area contributed by atoms with Gasteiger partial charge in [-0.1, -0.05) is 62.6 Å². The molecular weight excluding hydrogens is 1530 g/mol. The average Bonchev–Trinajstić information content (AvgIpc) is 1.48. The first kappa shape index (κ1) is 82.2. The number of aryl methyl sites for hydroxylation is 1. The Kier molecular flexibility index (Phi) is 22.6. The third-order valence-electron chi connectivity index (χ3n) is 29.8. The summed E-state index contributed by atoms with van der Waals surface area (Å²) < 4.78 is 17.5. The molecule has 6 aromatic heterocycles. The summed E-state index contributed by atoms with van der Waals surface area (Å²) in [6.07, 6.45) is 25.8. The highest BCUT2D eigenvalue weighted by molar-refractivity contribution is 6.37. The van der Waals surface area contributed by atoms with Gasteiger partial charge in [-0.3, -0.25) is 67.4 Å². The van der Waals surface area contributed by atoms with Crippen molar-refractivity contribution >= 4 is 58.2 Å². The van der Waals surface area contributed by atoms with Crippen molar-refractivity contribution in [3.8, 4) is 11.5 Å². The van der Waals surface area contributed by atoms with Gasteiger partial charge >= 0.3 is 0 Å². The van der Waals surface area contributed by atoms with Gasteiger partial charge < -0.3 is 52.0 Å². The lowest BCUT2D eigenvalue weighted by Gasteiger charge is -2.43. The molecule has 0 unspecified atom stereocenters. The van der Waals surface area contributed by atoms with Gasteiger partial charge in [-0.05, 0) is 186 Å². The Hall–Kier alpha value is -10.1. The summed E-state index contributed by atoms with van der Waals surface area (Å²) in [5.74, 6) is 5.45. The van der Waals surface area contributed by atoms with E-state index in [2.05, 4.69) is 63.4 Å². The van der Waals surface area contributed by atoms with Gasteiger partial charge in [0.1, 0.15) is 11.5 Å². The smallest absolute Gasteiger partial charge is 0.264 e. The van der Waals surface area contributed by atoms with Crippen LogP contribution in [0, 0.1) is 40.4 Å². The van der Waals surface area contributed by atoms with Crippen LogP contribution >= 0.6 is 11.6 Å². The fourth-order valence-electron chi connectivity index (χ4n) is 22.1. The number of fused-ring (bicyclic) bond motifs is 4. The molecule has 120 heavy (non-hydrogen) atoms. The highest BCUT2D eigenvalue weighted by Crippen LogP contribution is 2.52. The van der Waals surface area contributed by atoms with E-state index in [1.807, 2.05) is 88.7 Å². The molecule has 29 heteroatoms. The first-order valence-corrected chi connectivity index (χ1v) is 43.7. The number of aromatic nitrogens is 10. The van der Waals surface area contributed by atoms with Gasteiger partial charge in [0.25, 0.3) is 22.2 Å². The van der Waals surface area contributed by atoms with Crippen LogP contribution in [0.4, 0.5) is 23.8 Å². The second-order valence-corrected chi connectivity index (χ2v) is 36.3. The van der Waals surface area contributed by atoms with E-state index in [1.54, 1.807) is 64.2 Å². The Morgan fingerprint density at radius 2 is 0.750 bits per heavy atom. The Morgan fingerprint density at radius 1 is 0.400 bits per heavy atom. The van der Waals surface area contributed by atoms with Crippen LogP contribution in [0.1, 0.15) is 202 Å². The molecular formula is C91H115ClN22O6. The molecule has 4 saturated carbocycles. The molecule has 2 aromatic carbocycles. The lowest BCUT2D eigenvalue weighted by molar-refractivity contribution is 0.185. The number of nitrogens with zero attached hydrogens (tertiary/aromatic N) is 18. The number of piperidine rings is 4. The van der Waals surface area contributed by atoms with Crippen molar-refractivity contribution in [3.05, 3.63) is 205 Å². The zero-order valence-electron chi connectivity index (χ0n) is 70.9. The Bertz CT molecular complexity index is 5660. The summed E-state index contributed by atoms with van der Waals surface area (Å²) in [7, 11) is 10.5. The number of halogens is 1. The minimum Gasteiger partial charge on any atom is -0.496 e. The van der Waals surface area contributed by atoms with Gasteiger partial charge in [0.05, 0.1) is 113 Å². The number of rotatable bonds is 10. The summed E-state index contributed by atoms with van der Waals surface area (Å²) in [5.41, 5.74) is 39.2. The van der Waals surface area contributed by atoms with Crippen LogP contribution in [0.2, 0.25) is 5.02 Å². The summed E-state index contributed by atoms with van der Waals surface area (Å²) in [6, 6.07) is 22.0. The van der Waals surface area contributed by atoms with Gasteiger partial charge in [0.2, 0.25) is 23.8 Å². The molecule has 6 atom stereocenters. The molecule has 8 N–H and O–H groups in total. The van der Waals surface area contributed by atoms with Crippen LogP contribution in [0.15, 0.2) is 124 Å². The largest absolute Gasteiger partial charge is 0.496 e. The maximum absolute atomic E-state index is 13.4. The molecule has 20 rings (SSSR count). The number of anilines is 4. The van der Waals surface area contributed by atoms with Crippen molar-refractivity contribution < 1.29 is 9.47 Å². The maximum Gasteiger partial charge on any atom is 0.264 e. The normalized spacial score (nSPS) is 23.6. The Morgan fingerprint density at radius 3 is 1.12 bits per heavy atom. The number of para-hydroxylation sites is 1. The Balaban J connectivity index is 0.000000114. The predicted octanol–water partition coefficient (Wildman–Crippen LogP) is 9.18. The number of hydrogen-bond acceptors (Lipinski definition) is 24. The fraction of sp³-hybridized carbons (Fsp3) is 0.538. The van der Waals surface area contributed by atoms with E-state index in [0.717, 1.165) is 191 Å². The van der Waals surface area contributed by atoms with Crippen LogP contribution in [0.5, 0.6) is 11.5 Å². The van der Waals surface area contributed by atoms with Crippen molar-refractivity contribution in [1.82, 2.24) is 48.2 Å². The molecule has 0 bridgehead atoms. The quantitative estimate of drug-likeness (QED) is 0.0990. The summed E-state index contributed by atoms with van der Waals surface area (Å²) in [6.45, 7) is 15.3. The molecule has 0 radical (unpaired) electrons. The molecule has 4 saturated heterocycles. The highest BCUT2D eigenvalue weighted by atomic mass is 35.5. The molecule has 632 valence electrons. The topological polar surface area (TPSA) is 350 Å². The van der Waals surface area contributed by atoms with Crippen LogP contribution in [-0.2, 0) is 54.4 Å². The first-order valence-electron chi connectivity index (χ1n) is 43.3. The second-order valence-electron chi connectivity index (χ2n) is 35.9. The van der Waals surface area contributed by atoms with Crippen LogP contribution in [0.25, 0.3) is 0 Å². The summed E-state index contributed by atoms with van der Waals surface area (Å²) >= 11 is 6.52. The fourth-order valence-corrected chi connectivity index (χ4v) is 22.4. The summed E-state index contributed by atoms with van der Waals surface area (Å²) in [5, 5.41) is 0.456. The number of ether oxygens (including phenoxy) is 2. The standard InChI is InChI=1S/C24H31N5O2.C23H28ClN5O2.C23H30N6O.C21H26N6O/c1-15-8-9-24(21(15)25)10-12-29(13-11-24)23-27-17-14-26-20(19(17)22(30)28(23)2)16-6-4-5-7-18(16)31-3;1-28-21(30)18-15(13-26-20(18)14-5-3-6-16(31-2)19(14)24)27-22(28)29-11-9-23(10-12-29)8-4-7-17(23)25;1-14-6-7-23(20(14)24)8-11-29(12-9-23)22-27-17-13-26-19(18(17)21(30)28(22)3)16-5-4-10-25-15(16)2;1-26-19(28)17-15(13-24-18(17)14-4-9-23-10-5-14)25-20(26)27-11-7-21(8-12-27)6-2-3-16(21)22/h4-7,15,21H,8-14,25H2,1-3H3;3,5-6,17H,4,7-13,25H2,1-2H3;4-5,10,14,20H,6-9,11-13,24H2,1-3H3;4-5,9-10,16H,2-3,6-8,11-13,22H2,1H3/t15-,21-;17-;14-,20-;16-/m1111/s1. The van der Waals surface area contributed by atoms with E-state index >= 15 is 0 Å². The monoisotopic (exact) mass is 1650 g/mol. The first-order chi connectivity index (χ1) is 57.9. The SMILES string of the molecule is COc1cccc(C2=NCc3nc(N4CCC5(CCC[C@H]5N)CC4)n(C)c(=O)c32)c1Cl.COc1ccccc1C1=NCc2nc(N3CCC4(CC[C@@H](C)[C@H]4N)CC3)n(C)c(=O)c21.Cc1ncccc1C1=NCc2nc(N3CCC4(CC[C@@H](C)[C@H]4N)CC3)n(C)c(=O)c21.Cn1c(N2CCC3(CCC[C@H]3N)CC2)nc2c(c1=O)C(c1ccncc1)=NC2. The Labute approximate surface area is 705 Å². The van der Waals surface area contributed by atoms with Crippen molar-refractivity contribution in [1.29, 1.82) is 0 Å².